The zero-order chi connectivity index (χ0) is 48.7. The van der Waals surface area contributed by atoms with Gasteiger partial charge in [0, 0.05) is 19.5 Å². The number of allylic oxidation sites excluding steroid dienone is 6. The third-order valence-corrected chi connectivity index (χ3v) is 13.0. The van der Waals surface area contributed by atoms with Gasteiger partial charge in [-0.3, -0.25) is 27.7 Å². The first kappa shape index (κ1) is 62.5. The van der Waals surface area contributed by atoms with Crippen molar-refractivity contribution in [1.29, 1.82) is 0 Å². The molecule has 20 nitrogen and oxygen atoms in total. The fourth-order valence-electron chi connectivity index (χ4n) is 6.72. The minimum atomic E-state index is -4.42. The van der Waals surface area contributed by atoms with Gasteiger partial charge in [0.1, 0.15) is 24.4 Å². The topological polar surface area (TPSA) is 311 Å². The number of hydrogen-bond donors (Lipinski definition) is 6. The van der Waals surface area contributed by atoms with Crippen LogP contribution in [0.2, 0.25) is 0 Å². The summed E-state index contributed by atoms with van der Waals surface area (Å²) >= 11 is 2.94. The Morgan fingerprint density at radius 1 is 0.754 bits per heavy atom. The van der Waals surface area contributed by atoms with Gasteiger partial charge in [-0.15, -0.1) is 0 Å². The fraction of sp³-hybridized carbons (Fsp3) is 0.610. The minimum absolute atomic E-state index is 0. The van der Waals surface area contributed by atoms with E-state index in [2.05, 4.69) is 29.9 Å². The Morgan fingerprint density at radius 3 is 1.43 bits per heavy atom. The predicted octanol–water partition coefficient (Wildman–Crippen LogP) is 3.44. The van der Waals surface area contributed by atoms with E-state index in [4.69, 9.17) is 33.4 Å². The van der Waals surface area contributed by atoms with Crippen LogP contribution in [-0.4, -0.2) is 117 Å². The van der Waals surface area contributed by atoms with Crippen LogP contribution in [0.5, 0.6) is 0 Å². The van der Waals surface area contributed by atoms with Crippen molar-refractivity contribution in [2.45, 2.75) is 126 Å². The molecule has 4 unspecified atom stereocenters. The van der Waals surface area contributed by atoms with E-state index in [-0.39, 0.29) is 65.7 Å². The maximum Gasteiger partial charge on any atom is 1.00 e. The summed E-state index contributed by atoms with van der Waals surface area (Å²) in [6.45, 7) is 18.2. The van der Waals surface area contributed by atoms with Gasteiger partial charge >= 0.3 is 49.3 Å². The number of esters is 2. The van der Waals surface area contributed by atoms with E-state index in [1.807, 2.05) is 67.5 Å². The van der Waals surface area contributed by atoms with Crippen LogP contribution in [0.3, 0.4) is 0 Å². The molecule has 0 saturated carbocycles. The standard InChI is InChI=1S/C20H29O10P.C14H23O5P.C6H7BrO5.CH4.Na/c1-10(2)7-12-11(3)15(22)14(8-20(12,4)5)30-31(26,27-6)28-9-13(21)18-16(23)17(24)19(25)29-18;1-9(2)7-11-10(3)13(15)12(8-14(11,4)5)19-20(16,17)18-6;7-1-2(8)5-3(9)4(10)6(11)12-5;;/h7,13-14,18,21,23-24H,8-9H2,1-6H3;7,12H,8H2,1-6H3,(H,16,17);2,5,8-10H,1H2;1H4;/q;;;;+1/p-1/t13-,14?,18+,31?;;2-,5+;;/m0.0../s1. The van der Waals surface area contributed by atoms with Crippen LogP contribution < -0.4 is 34.5 Å². The number of Topliss-reactive ketones (excluding diaryl/α,β-unsaturated/α-hetero) is 2. The summed E-state index contributed by atoms with van der Waals surface area (Å²) in [5.74, 6) is -6.24. The Hall–Kier alpha value is -2.46. The SMILES string of the molecule is C.COP(=O)(OC[C@H](O)[C@H]1OC(=O)C(O)=C1O)OC1CC(C)(C)C(C=C(C)C)=C(C)C1=O.COP(=O)([O-])OC1CC(C)(C)C(C=C(C)C)=C(C)C1=O.O=C1O[C@H]([C@@H](O)CBr)C(O)=C1O.[Na+]. The molecule has 8 atom stereocenters. The number of phosphoric ester groups is 2. The van der Waals surface area contributed by atoms with Gasteiger partial charge in [-0.1, -0.05) is 74.3 Å². The Labute approximate surface area is 410 Å². The van der Waals surface area contributed by atoms with Crippen LogP contribution in [0, 0.1) is 10.8 Å². The average Bonchev–Trinajstić information content (AvgIpc) is 3.61. The van der Waals surface area contributed by atoms with Crippen molar-refractivity contribution in [3.8, 4) is 0 Å². The summed E-state index contributed by atoms with van der Waals surface area (Å²) in [7, 11) is -6.64. The van der Waals surface area contributed by atoms with Gasteiger partial charge in [-0.05, 0) is 87.5 Å². The number of halogens is 1. The van der Waals surface area contributed by atoms with Crippen LogP contribution in [0.1, 0.15) is 89.5 Å². The summed E-state index contributed by atoms with van der Waals surface area (Å²) in [6.07, 6.45) is -3.17. The summed E-state index contributed by atoms with van der Waals surface area (Å²) in [5.41, 5.74) is 4.15. The maximum atomic E-state index is 12.9. The van der Waals surface area contributed by atoms with Gasteiger partial charge < -0.3 is 54.1 Å². The molecular weight excluding hydrogens is 977 g/mol. The molecule has 0 aromatic carbocycles. The number of alkyl halides is 1. The monoisotopic (exact) mass is 1040 g/mol. The number of cyclic esters (lactones) is 2. The van der Waals surface area contributed by atoms with E-state index in [0.717, 1.165) is 36.5 Å². The molecular formula is C41H62BrNaO20P2. The van der Waals surface area contributed by atoms with Crippen molar-refractivity contribution in [3.05, 3.63) is 68.6 Å². The maximum absolute atomic E-state index is 12.9. The molecule has 65 heavy (non-hydrogen) atoms. The van der Waals surface area contributed by atoms with Gasteiger partial charge in [-0.25, -0.2) is 14.2 Å². The first-order valence-electron chi connectivity index (χ1n) is 19.2. The largest absolute Gasteiger partial charge is 1.00 e. The zero-order valence-electron chi connectivity index (χ0n) is 38.1. The molecule has 2 aliphatic heterocycles. The number of rotatable bonds is 14. The molecule has 0 saturated heterocycles. The molecule has 24 heteroatoms. The zero-order valence-corrected chi connectivity index (χ0v) is 43.5. The van der Waals surface area contributed by atoms with E-state index in [1.165, 1.54) is 0 Å². The van der Waals surface area contributed by atoms with Crippen LogP contribution in [0.4, 0.5) is 0 Å². The second-order valence-corrected chi connectivity index (χ2v) is 20.4. The Morgan fingerprint density at radius 2 is 1.12 bits per heavy atom. The molecule has 0 fully saturated rings. The van der Waals surface area contributed by atoms with Crippen LogP contribution in [-0.2, 0) is 60.4 Å². The van der Waals surface area contributed by atoms with E-state index in [0.29, 0.717) is 17.6 Å². The second-order valence-electron chi connectivity index (χ2n) is 16.6. The van der Waals surface area contributed by atoms with E-state index in [9.17, 15) is 48.5 Å². The molecule has 2 aliphatic carbocycles. The molecule has 0 radical (unpaired) electrons. The van der Waals surface area contributed by atoms with Crippen molar-refractivity contribution in [3.63, 3.8) is 0 Å². The van der Waals surface area contributed by atoms with Gasteiger partial charge in [0.25, 0.3) is 7.82 Å². The third kappa shape index (κ3) is 16.3. The van der Waals surface area contributed by atoms with E-state index in [1.54, 1.807) is 13.8 Å². The van der Waals surface area contributed by atoms with Gasteiger partial charge in [-0.2, -0.15) is 0 Å². The molecule has 4 aliphatic rings. The number of aliphatic hydroxyl groups excluding tert-OH is 6. The number of hydrogen-bond acceptors (Lipinski definition) is 20. The predicted molar refractivity (Wildman–Crippen MR) is 233 cm³/mol. The van der Waals surface area contributed by atoms with Gasteiger partial charge in [0.15, 0.2) is 35.3 Å². The Balaban J connectivity index is 0.00000103. The molecule has 0 spiro atoms. The molecule has 0 bridgehead atoms. The average molecular weight is 1040 g/mol. The number of ketones is 2. The first-order chi connectivity index (χ1) is 28.8. The molecule has 364 valence electrons. The van der Waals surface area contributed by atoms with Crippen molar-refractivity contribution in [1.82, 2.24) is 0 Å². The third-order valence-electron chi connectivity index (χ3n) is 9.95. The van der Waals surface area contributed by atoms with Crippen LogP contribution in [0.15, 0.2) is 68.6 Å². The molecule has 0 amide bonds. The quantitative estimate of drug-likeness (QED) is 0.0628. The fourth-order valence-corrected chi connectivity index (χ4v) is 8.70. The Bertz CT molecular complexity index is 2080. The number of aliphatic hydroxyl groups is 6. The Kier molecular flexibility index (Phi) is 24.3. The number of carbonyl (C=O) groups is 4. The number of phosphoric acid groups is 2. The van der Waals surface area contributed by atoms with Crippen molar-refractivity contribution >= 4 is 55.1 Å². The van der Waals surface area contributed by atoms with E-state index < -0.39 is 99.3 Å². The number of ether oxygens (including phenoxy) is 2. The van der Waals surface area contributed by atoms with Crippen molar-refractivity contribution in [2.75, 3.05) is 26.2 Å². The number of carbonyl (C=O) groups excluding carboxylic acids is 4. The normalized spacial score (nSPS) is 25.2. The first-order valence-corrected chi connectivity index (χ1v) is 23.3. The summed E-state index contributed by atoms with van der Waals surface area (Å²) in [4.78, 5) is 58.4. The molecule has 6 N–H and O–H groups in total. The molecule has 2 heterocycles. The van der Waals surface area contributed by atoms with Crippen LogP contribution >= 0.6 is 31.6 Å². The molecule has 0 aromatic heterocycles. The van der Waals surface area contributed by atoms with Gasteiger partial charge in [0.2, 0.25) is 11.5 Å². The summed E-state index contributed by atoms with van der Waals surface area (Å²) in [5, 5.41) is 56.2. The minimum Gasteiger partial charge on any atom is -0.756 e. The summed E-state index contributed by atoms with van der Waals surface area (Å²) < 4.78 is 57.9. The van der Waals surface area contributed by atoms with Crippen molar-refractivity contribution in [2.24, 2.45) is 10.8 Å². The summed E-state index contributed by atoms with van der Waals surface area (Å²) in [6, 6.07) is 0. The molecule has 4 rings (SSSR count). The smallest absolute Gasteiger partial charge is 0.756 e. The second kappa shape index (κ2) is 25.2. The van der Waals surface area contributed by atoms with Crippen LogP contribution in [0.25, 0.3) is 0 Å². The molecule has 0 aromatic rings. The van der Waals surface area contributed by atoms with E-state index >= 15 is 0 Å². The van der Waals surface area contributed by atoms with Gasteiger partial charge in [0.05, 0.1) is 6.61 Å². The van der Waals surface area contributed by atoms with Crippen molar-refractivity contribution < 1.29 is 125 Å².